The maximum Gasteiger partial charge on any atom is 0.230 e. The number of Topliss-reactive ketones (excluding diaryl/α,β-unsaturated/α-hetero) is 1. The van der Waals surface area contributed by atoms with Crippen molar-refractivity contribution in [1.82, 2.24) is 14.7 Å². The molecule has 0 aliphatic carbocycles. The molecule has 0 saturated carbocycles. The SMILES string of the molecule is CCN1CCN(C(C)(C)CN2CC(=O)CC2=O)CC1. The van der Waals surface area contributed by atoms with Gasteiger partial charge in [-0.15, -0.1) is 0 Å². The number of hydrogen-bond donors (Lipinski definition) is 0. The van der Waals surface area contributed by atoms with E-state index < -0.39 is 0 Å². The largest absolute Gasteiger partial charge is 0.333 e. The van der Waals surface area contributed by atoms with Gasteiger partial charge in [0.25, 0.3) is 0 Å². The summed E-state index contributed by atoms with van der Waals surface area (Å²) in [6.07, 6.45) is 0.0969. The first-order chi connectivity index (χ1) is 8.92. The second-order valence-corrected chi connectivity index (χ2v) is 6.20. The maximum atomic E-state index is 11.7. The molecule has 0 unspecified atom stereocenters. The fraction of sp³-hybridized carbons (Fsp3) is 0.857. The van der Waals surface area contributed by atoms with Crippen molar-refractivity contribution in [3.05, 3.63) is 0 Å². The molecule has 5 heteroatoms. The van der Waals surface area contributed by atoms with Gasteiger partial charge in [0.1, 0.15) is 0 Å². The molecular weight excluding hydrogens is 242 g/mol. The molecule has 0 aromatic rings. The lowest BCUT2D eigenvalue weighted by Crippen LogP contribution is -2.58. The summed E-state index contributed by atoms with van der Waals surface area (Å²) in [4.78, 5) is 29.6. The Morgan fingerprint density at radius 2 is 1.74 bits per heavy atom. The number of piperazine rings is 1. The minimum absolute atomic E-state index is 0.00901. The molecule has 5 nitrogen and oxygen atoms in total. The maximum absolute atomic E-state index is 11.7. The van der Waals surface area contributed by atoms with Crippen molar-refractivity contribution in [2.24, 2.45) is 0 Å². The number of nitrogens with zero attached hydrogens (tertiary/aromatic N) is 3. The van der Waals surface area contributed by atoms with Crippen molar-refractivity contribution < 1.29 is 9.59 Å². The standard InChI is InChI=1S/C14H25N3O2/c1-4-15-5-7-17(8-6-15)14(2,3)11-16-10-12(18)9-13(16)19/h4-11H2,1-3H3. The van der Waals surface area contributed by atoms with Gasteiger partial charge in [-0.1, -0.05) is 6.92 Å². The van der Waals surface area contributed by atoms with E-state index in [-0.39, 0.29) is 23.7 Å². The molecule has 2 saturated heterocycles. The van der Waals surface area contributed by atoms with E-state index in [0.29, 0.717) is 13.1 Å². The number of amides is 1. The lowest BCUT2D eigenvalue weighted by molar-refractivity contribution is -0.129. The highest BCUT2D eigenvalue weighted by atomic mass is 16.2. The molecule has 2 heterocycles. The van der Waals surface area contributed by atoms with Gasteiger partial charge in [0.2, 0.25) is 5.91 Å². The number of ketones is 1. The Balaban J connectivity index is 1.91. The molecule has 0 aromatic carbocycles. The van der Waals surface area contributed by atoms with Crippen LogP contribution in [-0.2, 0) is 9.59 Å². The first-order valence-corrected chi connectivity index (χ1v) is 7.19. The van der Waals surface area contributed by atoms with E-state index in [1.54, 1.807) is 4.90 Å². The molecule has 2 aliphatic rings. The average molecular weight is 267 g/mol. The summed E-state index contributed by atoms with van der Waals surface area (Å²) in [7, 11) is 0. The van der Waals surface area contributed by atoms with Gasteiger partial charge in [0, 0.05) is 38.3 Å². The van der Waals surface area contributed by atoms with Gasteiger partial charge < -0.3 is 9.80 Å². The lowest BCUT2D eigenvalue weighted by Gasteiger charge is -2.45. The molecule has 0 spiro atoms. The van der Waals surface area contributed by atoms with Gasteiger partial charge in [0.15, 0.2) is 5.78 Å². The third-order valence-electron chi connectivity index (χ3n) is 4.32. The predicted octanol–water partition coefficient (Wildman–Crippen LogP) is 0.204. The molecule has 108 valence electrons. The van der Waals surface area contributed by atoms with E-state index in [0.717, 1.165) is 32.7 Å². The Bertz CT molecular complexity index is 360. The van der Waals surface area contributed by atoms with E-state index in [4.69, 9.17) is 0 Å². The Morgan fingerprint density at radius 1 is 1.11 bits per heavy atom. The highest BCUT2D eigenvalue weighted by Gasteiger charge is 2.36. The van der Waals surface area contributed by atoms with E-state index in [1.807, 2.05) is 0 Å². The quantitative estimate of drug-likeness (QED) is 0.683. The smallest absolute Gasteiger partial charge is 0.230 e. The molecule has 2 rings (SSSR count). The van der Waals surface area contributed by atoms with E-state index >= 15 is 0 Å². The summed E-state index contributed by atoms with van der Waals surface area (Å²) in [6, 6.07) is 0. The third kappa shape index (κ3) is 3.34. The van der Waals surface area contributed by atoms with Crippen molar-refractivity contribution in [2.45, 2.75) is 32.7 Å². The van der Waals surface area contributed by atoms with Crippen LogP contribution in [0.25, 0.3) is 0 Å². The molecule has 1 amide bonds. The topological polar surface area (TPSA) is 43.9 Å². The van der Waals surface area contributed by atoms with Crippen molar-refractivity contribution in [3.8, 4) is 0 Å². The van der Waals surface area contributed by atoms with Crippen molar-refractivity contribution in [2.75, 3.05) is 45.8 Å². The van der Waals surface area contributed by atoms with E-state index in [1.165, 1.54) is 0 Å². The number of rotatable bonds is 4. The van der Waals surface area contributed by atoms with E-state index in [9.17, 15) is 9.59 Å². The van der Waals surface area contributed by atoms with Crippen LogP contribution < -0.4 is 0 Å². The molecule has 0 atom stereocenters. The minimum Gasteiger partial charge on any atom is -0.333 e. The minimum atomic E-state index is -0.0554. The Morgan fingerprint density at radius 3 is 2.21 bits per heavy atom. The van der Waals surface area contributed by atoms with Gasteiger partial charge in [-0.05, 0) is 20.4 Å². The summed E-state index contributed by atoms with van der Waals surface area (Å²) in [5, 5.41) is 0. The summed E-state index contributed by atoms with van der Waals surface area (Å²) in [5.74, 6) is 0.0434. The summed E-state index contributed by atoms with van der Waals surface area (Å²) in [6.45, 7) is 12.9. The number of likely N-dealkylation sites (tertiary alicyclic amines) is 1. The molecule has 2 fully saturated rings. The van der Waals surface area contributed by atoms with Crippen LogP contribution in [0.1, 0.15) is 27.2 Å². The summed E-state index contributed by atoms with van der Waals surface area (Å²) >= 11 is 0. The fourth-order valence-electron chi connectivity index (χ4n) is 3.02. The third-order valence-corrected chi connectivity index (χ3v) is 4.32. The normalized spacial score (nSPS) is 23.4. The molecule has 0 bridgehead atoms. The molecular formula is C14H25N3O2. The molecule has 2 aliphatic heterocycles. The van der Waals surface area contributed by atoms with Crippen LogP contribution in [-0.4, -0.2) is 77.7 Å². The zero-order valence-electron chi connectivity index (χ0n) is 12.3. The van der Waals surface area contributed by atoms with Gasteiger partial charge in [-0.2, -0.15) is 0 Å². The zero-order valence-corrected chi connectivity index (χ0v) is 12.3. The number of carbonyl (C=O) groups excluding carboxylic acids is 2. The molecule has 0 N–H and O–H groups in total. The van der Waals surface area contributed by atoms with Gasteiger partial charge in [0.05, 0.1) is 13.0 Å². The highest BCUT2D eigenvalue weighted by Crippen LogP contribution is 2.20. The Hall–Kier alpha value is -0.940. The first-order valence-electron chi connectivity index (χ1n) is 7.19. The van der Waals surface area contributed by atoms with E-state index in [2.05, 4.69) is 30.6 Å². The van der Waals surface area contributed by atoms with Crippen LogP contribution in [0.2, 0.25) is 0 Å². The second kappa shape index (κ2) is 5.59. The summed E-state index contributed by atoms with van der Waals surface area (Å²) < 4.78 is 0. The van der Waals surface area contributed by atoms with Crippen LogP contribution in [0.15, 0.2) is 0 Å². The molecule has 19 heavy (non-hydrogen) atoms. The molecule has 0 aromatic heterocycles. The zero-order chi connectivity index (χ0) is 14.0. The number of carbonyl (C=O) groups is 2. The summed E-state index contributed by atoms with van der Waals surface area (Å²) in [5.41, 5.74) is -0.0554. The number of likely N-dealkylation sites (N-methyl/N-ethyl adjacent to an activating group) is 1. The fourth-order valence-corrected chi connectivity index (χ4v) is 3.02. The van der Waals surface area contributed by atoms with Crippen LogP contribution in [0, 0.1) is 0 Å². The van der Waals surface area contributed by atoms with Crippen molar-refractivity contribution >= 4 is 11.7 Å². The second-order valence-electron chi connectivity index (χ2n) is 6.20. The predicted molar refractivity (Wildman–Crippen MR) is 74.0 cm³/mol. The Kier molecular flexibility index (Phi) is 4.26. The van der Waals surface area contributed by atoms with Crippen molar-refractivity contribution in [3.63, 3.8) is 0 Å². The van der Waals surface area contributed by atoms with Gasteiger partial charge in [-0.3, -0.25) is 14.5 Å². The first kappa shape index (κ1) is 14.5. The van der Waals surface area contributed by atoms with Crippen LogP contribution in [0.5, 0.6) is 0 Å². The highest BCUT2D eigenvalue weighted by molar-refractivity contribution is 6.05. The van der Waals surface area contributed by atoms with Gasteiger partial charge >= 0.3 is 0 Å². The van der Waals surface area contributed by atoms with Crippen LogP contribution in [0.3, 0.4) is 0 Å². The monoisotopic (exact) mass is 267 g/mol. The number of hydrogen-bond acceptors (Lipinski definition) is 4. The van der Waals surface area contributed by atoms with Crippen LogP contribution in [0.4, 0.5) is 0 Å². The molecule has 0 radical (unpaired) electrons. The lowest BCUT2D eigenvalue weighted by atomic mass is 10.0. The van der Waals surface area contributed by atoms with Crippen molar-refractivity contribution in [1.29, 1.82) is 0 Å². The van der Waals surface area contributed by atoms with Gasteiger partial charge in [-0.25, -0.2) is 0 Å². The van der Waals surface area contributed by atoms with Crippen LogP contribution >= 0.6 is 0 Å². The Labute approximate surface area is 115 Å². The average Bonchev–Trinajstić information content (AvgIpc) is 2.67.